The molecule has 182 valence electrons. The number of anilines is 2. The molecule has 9 nitrogen and oxygen atoms in total. The van der Waals surface area contributed by atoms with E-state index in [1.165, 1.54) is 4.31 Å². The highest BCUT2D eigenvalue weighted by molar-refractivity contribution is 7.89. The number of sulfonamides is 1. The van der Waals surface area contributed by atoms with Gasteiger partial charge in [0.25, 0.3) is 5.91 Å². The predicted octanol–water partition coefficient (Wildman–Crippen LogP) is 2.07. The summed E-state index contributed by atoms with van der Waals surface area (Å²) in [4.78, 5) is 27.2. The number of hydrogen-bond donors (Lipinski definition) is 2. The largest absolute Gasteiger partial charge is 0.379 e. The normalized spacial score (nSPS) is 16.9. The molecule has 2 aliphatic heterocycles. The van der Waals surface area contributed by atoms with E-state index in [4.69, 9.17) is 4.74 Å². The van der Waals surface area contributed by atoms with Gasteiger partial charge in [-0.15, -0.1) is 0 Å². The first-order chi connectivity index (χ1) is 16.4. The van der Waals surface area contributed by atoms with E-state index in [9.17, 15) is 18.0 Å². The summed E-state index contributed by atoms with van der Waals surface area (Å²) in [5.41, 5.74) is 1.80. The first-order valence-corrected chi connectivity index (χ1v) is 13.0. The molecule has 2 saturated heterocycles. The monoisotopic (exact) mass is 486 g/mol. The van der Waals surface area contributed by atoms with Crippen molar-refractivity contribution >= 4 is 33.2 Å². The number of carbonyl (C=O) groups is 2. The molecule has 0 radical (unpaired) electrons. The number of morpholine rings is 1. The Kier molecular flexibility index (Phi) is 7.81. The van der Waals surface area contributed by atoms with E-state index in [1.807, 2.05) is 6.07 Å². The summed E-state index contributed by atoms with van der Waals surface area (Å²) in [6.45, 7) is 3.21. The number of amides is 2. The second-order valence-corrected chi connectivity index (χ2v) is 10.2. The fourth-order valence-corrected chi connectivity index (χ4v) is 5.57. The van der Waals surface area contributed by atoms with Crippen LogP contribution in [0.15, 0.2) is 53.4 Å². The predicted molar refractivity (Wildman–Crippen MR) is 129 cm³/mol. The van der Waals surface area contributed by atoms with Crippen molar-refractivity contribution in [2.45, 2.75) is 24.2 Å². The van der Waals surface area contributed by atoms with Crippen molar-refractivity contribution in [1.82, 2.24) is 9.62 Å². The van der Waals surface area contributed by atoms with Gasteiger partial charge in [0.05, 0.1) is 29.5 Å². The third-order valence-electron chi connectivity index (χ3n) is 5.97. The molecule has 2 fully saturated rings. The lowest BCUT2D eigenvalue weighted by molar-refractivity contribution is -0.116. The molecule has 2 N–H and O–H groups in total. The Morgan fingerprint density at radius 2 is 1.65 bits per heavy atom. The van der Waals surface area contributed by atoms with Crippen LogP contribution in [0.25, 0.3) is 0 Å². The molecular weight excluding hydrogens is 456 g/mol. The first kappa shape index (κ1) is 24.2. The Hall–Kier alpha value is -2.95. The van der Waals surface area contributed by atoms with Gasteiger partial charge in [0.15, 0.2) is 0 Å². The molecule has 0 unspecified atom stereocenters. The minimum atomic E-state index is -3.69. The van der Waals surface area contributed by atoms with Crippen LogP contribution in [0.5, 0.6) is 0 Å². The van der Waals surface area contributed by atoms with Crippen LogP contribution in [0, 0.1) is 0 Å². The van der Waals surface area contributed by atoms with Gasteiger partial charge in [0.1, 0.15) is 0 Å². The summed E-state index contributed by atoms with van der Waals surface area (Å²) in [5, 5.41) is 5.62. The van der Waals surface area contributed by atoms with Crippen molar-refractivity contribution in [1.29, 1.82) is 0 Å². The van der Waals surface area contributed by atoms with Crippen LogP contribution < -0.4 is 15.5 Å². The van der Waals surface area contributed by atoms with Crippen LogP contribution in [-0.4, -0.2) is 70.5 Å². The minimum absolute atomic E-state index is 0.0679. The molecule has 10 heteroatoms. The van der Waals surface area contributed by atoms with E-state index >= 15 is 0 Å². The fourth-order valence-electron chi connectivity index (χ4n) is 4.14. The highest BCUT2D eigenvalue weighted by atomic mass is 32.2. The second kappa shape index (κ2) is 11.0. The van der Waals surface area contributed by atoms with Crippen molar-refractivity contribution in [3.8, 4) is 0 Å². The maximum Gasteiger partial charge on any atom is 0.251 e. The Morgan fingerprint density at radius 1 is 0.941 bits per heavy atom. The first-order valence-electron chi connectivity index (χ1n) is 11.5. The molecule has 2 aromatic carbocycles. The third-order valence-corrected chi connectivity index (χ3v) is 7.86. The van der Waals surface area contributed by atoms with Gasteiger partial charge in [-0.05, 0) is 43.2 Å². The average Bonchev–Trinajstić information content (AvgIpc) is 3.40. The lowest BCUT2D eigenvalue weighted by Crippen LogP contribution is -2.40. The van der Waals surface area contributed by atoms with Crippen molar-refractivity contribution < 1.29 is 22.7 Å². The molecule has 2 aliphatic rings. The average molecular weight is 487 g/mol. The summed E-state index contributed by atoms with van der Waals surface area (Å²) in [7, 11) is -3.69. The van der Waals surface area contributed by atoms with E-state index in [-0.39, 0.29) is 29.7 Å². The summed E-state index contributed by atoms with van der Waals surface area (Å²) >= 11 is 0. The molecule has 0 aliphatic carbocycles. The molecule has 4 rings (SSSR count). The van der Waals surface area contributed by atoms with Crippen LogP contribution in [0.3, 0.4) is 0 Å². The Labute approximate surface area is 200 Å². The van der Waals surface area contributed by atoms with E-state index in [2.05, 4.69) is 15.5 Å². The molecule has 0 saturated carbocycles. The van der Waals surface area contributed by atoms with Gasteiger partial charge < -0.3 is 20.3 Å². The van der Waals surface area contributed by atoms with Gasteiger partial charge in [-0.3, -0.25) is 9.59 Å². The van der Waals surface area contributed by atoms with E-state index in [0.29, 0.717) is 37.6 Å². The summed E-state index contributed by atoms with van der Waals surface area (Å²) < 4.78 is 33.0. The van der Waals surface area contributed by atoms with Gasteiger partial charge in [-0.25, -0.2) is 8.42 Å². The lowest BCUT2D eigenvalue weighted by Gasteiger charge is -2.27. The molecule has 0 bridgehead atoms. The number of hydrogen-bond acceptors (Lipinski definition) is 6. The highest BCUT2D eigenvalue weighted by Gasteiger charge is 2.28. The number of ether oxygens (including phenoxy) is 1. The maximum atomic E-state index is 13.1. The zero-order chi connectivity index (χ0) is 24.0. The van der Waals surface area contributed by atoms with Gasteiger partial charge in [-0.1, -0.05) is 18.2 Å². The van der Waals surface area contributed by atoms with E-state index in [1.54, 1.807) is 42.5 Å². The molecule has 34 heavy (non-hydrogen) atoms. The topological polar surface area (TPSA) is 108 Å². The molecule has 0 spiro atoms. The van der Waals surface area contributed by atoms with Crippen LogP contribution in [-0.2, 0) is 19.6 Å². The fraction of sp³-hybridized carbons (Fsp3) is 0.417. The minimum Gasteiger partial charge on any atom is -0.379 e. The number of nitrogens with one attached hydrogen (secondary N) is 2. The number of benzene rings is 2. The molecule has 2 aromatic rings. The van der Waals surface area contributed by atoms with Crippen LogP contribution in [0.4, 0.5) is 11.4 Å². The van der Waals surface area contributed by atoms with Crippen LogP contribution in [0.2, 0.25) is 0 Å². The zero-order valence-corrected chi connectivity index (χ0v) is 19.9. The highest BCUT2D eigenvalue weighted by Crippen LogP contribution is 2.32. The van der Waals surface area contributed by atoms with Crippen molar-refractivity contribution in [3.63, 3.8) is 0 Å². The van der Waals surface area contributed by atoms with Gasteiger partial charge in [-0.2, -0.15) is 4.31 Å². The zero-order valence-electron chi connectivity index (χ0n) is 19.0. The van der Waals surface area contributed by atoms with Crippen molar-refractivity contribution in [2.75, 3.05) is 56.2 Å². The standard InChI is InChI=1S/C24H30N4O5S/c29-23(10-11-25-24(30)19-6-2-1-3-7-19)26-21-18-20(8-9-22(21)27-12-4-5-13-27)34(31,32)28-14-16-33-17-15-28/h1-3,6-9,18H,4-5,10-17H2,(H,25,30)(H,26,29). The maximum absolute atomic E-state index is 13.1. The third kappa shape index (κ3) is 5.75. The van der Waals surface area contributed by atoms with E-state index < -0.39 is 10.0 Å². The number of carbonyl (C=O) groups excluding carboxylic acids is 2. The number of nitrogens with zero attached hydrogens (tertiary/aromatic N) is 2. The molecular formula is C24H30N4O5S. The Bertz CT molecular complexity index is 1110. The Balaban J connectivity index is 1.46. The van der Waals surface area contributed by atoms with Crippen molar-refractivity contribution in [2.24, 2.45) is 0 Å². The van der Waals surface area contributed by atoms with Crippen LogP contribution >= 0.6 is 0 Å². The molecule has 2 heterocycles. The van der Waals surface area contributed by atoms with Gasteiger partial charge in [0, 0.05) is 44.7 Å². The van der Waals surface area contributed by atoms with Crippen molar-refractivity contribution in [3.05, 3.63) is 54.1 Å². The summed E-state index contributed by atoms with van der Waals surface area (Å²) in [6, 6.07) is 13.7. The molecule has 2 amide bonds. The Morgan fingerprint density at radius 3 is 2.35 bits per heavy atom. The smallest absolute Gasteiger partial charge is 0.251 e. The summed E-state index contributed by atoms with van der Waals surface area (Å²) in [6.07, 6.45) is 2.16. The lowest BCUT2D eigenvalue weighted by atomic mass is 10.2. The molecule has 0 atom stereocenters. The van der Waals surface area contributed by atoms with Gasteiger partial charge in [0.2, 0.25) is 15.9 Å². The van der Waals surface area contributed by atoms with E-state index in [0.717, 1.165) is 31.6 Å². The van der Waals surface area contributed by atoms with Gasteiger partial charge >= 0.3 is 0 Å². The van der Waals surface area contributed by atoms with Crippen LogP contribution in [0.1, 0.15) is 29.6 Å². The number of rotatable bonds is 8. The quantitative estimate of drug-likeness (QED) is 0.592. The SMILES string of the molecule is O=C(CCNC(=O)c1ccccc1)Nc1cc(S(=O)(=O)N2CCOCC2)ccc1N1CCCC1. The summed E-state index contributed by atoms with van der Waals surface area (Å²) in [5.74, 6) is -0.542. The second-order valence-electron chi connectivity index (χ2n) is 8.31. The molecule has 0 aromatic heterocycles.